The molecular formula is C18H20N4O2. The van der Waals surface area contributed by atoms with Gasteiger partial charge in [-0.25, -0.2) is 9.67 Å². The summed E-state index contributed by atoms with van der Waals surface area (Å²) in [5.74, 6) is -0.128. The van der Waals surface area contributed by atoms with E-state index >= 15 is 0 Å². The van der Waals surface area contributed by atoms with Crippen LogP contribution in [0.5, 0.6) is 0 Å². The van der Waals surface area contributed by atoms with Gasteiger partial charge in [0.1, 0.15) is 0 Å². The molecule has 0 radical (unpaired) electrons. The average molecular weight is 324 g/mol. The number of likely N-dealkylation sites (N-methyl/N-ethyl adjacent to an activating group) is 1. The van der Waals surface area contributed by atoms with Gasteiger partial charge in [-0.2, -0.15) is 5.10 Å². The van der Waals surface area contributed by atoms with Crippen LogP contribution in [0.3, 0.4) is 0 Å². The highest BCUT2D eigenvalue weighted by molar-refractivity contribution is 5.96. The Morgan fingerprint density at radius 1 is 1.25 bits per heavy atom. The number of fused-ring (bicyclic) bond motifs is 1. The molecule has 0 fully saturated rings. The molecule has 6 nitrogen and oxygen atoms in total. The third-order valence-electron chi connectivity index (χ3n) is 3.94. The van der Waals surface area contributed by atoms with E-state index in [1.54, 1.807) is 23.4 Å². The largest absolute Gasteiger partial charge is 0.395 e. The van der Waals surface area contributed by atoms with Gasteiger partial charge in [0.2, 0.25) is 0 Å². The number of aliphatic hydroxyl groups is 1. The highest BCUT2D eigenvalue weighted by Crippen LogP contribution is 2.16. The summed E-state index contributed by atoms with van der Waals surface area (Å²) in [5, 5.41) is 14.3. The van der Waals surface area contributed by atoms with Crippen molar-refractivity contribution < 1.29 is 9.90 Å². The maximum Gasteiger partial charge on any atom is 0.255 e. The number of nitrogens with zero attached hydrogens (tertiary/aromatic N) is 4. The lowest BCUT2D eigenvalue weighted by atomic mass is 10.2. The minimum atomic E-state index is -0.128. The minimum Gasteiger partial charge on any atom is -0.395 e. The van der Waals surface area contributed by atoms with Crippen molar-refractivity contribution in [3.8, 4) is 0 Å². The Labute approximate surface area is 140 Å². The fraction of sp³-hybridized carbons (Fsp3) is 0.278. The normalized spacial score (nSPS) is 10.9. The Kier molecular flexibility index (Phi) is 4.86. The maximum absolute atomic E-state index is 12.5. The highest BCUT2D eigenvalue weighted by atomic mass is 16.3. The van der Waals surface area contributed by atoms with Gasteiger partial charge in [0, 0.05) is 24.7 Å². The van der Waals surface area contributed by atoms with Crippen molar-refractivity contribution in [3.63, 3.8) is 0 Å². The maximum atomic E-state index is 12.5. The number of amides is 1. The van der Waals surface area contributed by atoms with Gasteiger partial charge in [-0.3, -0.25) is 4.79 Å². The van der Waals surface area contributed by atoms with E-state index < -0.39 is 0 Å². The van der Waals surface area contributed by atoms with E-state index in [4.69, 9.17) is 5.11 Å². The molecule has 3 rings (SSSR count). The fourth-order valence-electron chi connectivity index (χ4n) is 2.67. The molecule has 0 unspecified atom stereocenters. The Morgan fingerprint density at radius 2 is 2.04 bits per heavy atom. The summed E-state index contributed by atoms with van der Waals surface area (Å²) in [7, 11) is 0. The Hall–Kier alpha value is -2.73. The van der Waals surface area contributed by atoms with E-state index in [0.717, 1.165) is 16.6 Å². The number of carbonyl (C=O) groups is 1. The quantitative estimate of drug-likeness (QED) is 0.752. The lowest BCUT2D eigenvalue weighted by Crippen LogP contribution is -2.33. The van der Waals surface area contributed by atoms with Crippen LogP contribution in [0.2, 0.25) is 0 Å². The Morgan fingerprint density at radius 3 is 2.75 bits per heavy atom. The van der Waals surface area contributed by atoms with E-state index in [-0.39, 0.29) is 12.5 Å². The van der Waals surface area contributed by atoms with E-state index in [2.05, 4.69) is 10.1 Å². The predicted molar refractivity (Wildman–Crippen MR) is 91.7 cm³/mol. The molecule has 0 bridgehead atoms. The van der Waals surface area contributed by atoms with Gasteiger partial charge in [-0.05, 0) is 18.6 Å². The second-order valence-electron chi connectivity index (χ2n) is 5.53. The summed E-state index contributed by atoms with van der Waals surface area (Å²) in [6, 6.07) is 11.8. The van der Waals surface area contributed by atoms with Crippen LogP contribution < -0.4 is 0 Å². The number of pyridine rings is 1. The summed E-state index contributed by atoms with van der Waals surface area (Å²) < 4.78 is 1.82. The lowest BCUT2D eigenvalue weighted by Gasteiger charge is -2.19. The number of aliphatic hydroxyl groups excluding tert-OH is 1. The predicted octanol–water partition coefficient (Wildman–Crippen LogP) is 1.93. The SMILES string of the molecule is CCN(CCO)C(=O)c1cnc2c(cnn2Cc2ccccc2)c1. The first-order valence-corrected chi connectivity index (χ1v) is 7.98. The van der Waals surface area contributed by atoms with E-state index in [9.17, 15) is 4.79 Å². The van der Waals surface area contributed by atoms with Gasteiger partial charge in [-0.15, -0.1) is 0 Å². The summed E-state index contributed by atoms with van der Waals surface area (Å²) in [6.45, 7) is 3.34. The molecule has 1 aromatic carbocycles. The van der Waals surface area contributed by atoms with Crippen molar-refractivity contribution in [2.24, 2.45) is 0 Å². The van der Waals surface area contributed by atoms with Crippen molar-refractivity contribution in [2.45, 2.75) is 13.5 Å². The van der Waals surface area contributed by atoms with Crippen LogP contribution in [0, 0.1) is 0 Å². The zero-order valence-corrected chi connectivity index (χ0v) is 13.6. The van der Waals surface area contributed by atoms with Crippen LogP contribution in [0.4, 0.5) is 0 Å². The van der Waals surface area contributed by atoms with Crippen LogP contribution in [0.25, 0.3) is 11.0 Å². The highest BCUT2D eigenvalue weighted by Gasteiger charge is 2.15. The first-order valence-electron chi connectivity index (χ1n) is 7.98. The number of hydrogen-bond donors (Lipinski definition) is 1. The number of aromatic nitrogens is 3. The molecule has 2 aromatic heterocycles. The number of rotatable bonds is 6. The molecule has 0 saturated carbocycles. The van der Waals surface area contributed by atoms with Crippen molar-refractivity contribution in [1.82, 2.24) is 19.7 Å². The van der Waals surface area contributed by atoms with Crippen molar-refractivity contribution in [2.75, 3.05) is 19.7 Å². The van der Waals surface area contributed by atoms with Crippen LogP contribution >= 0.6 is 0 Å². The molecular weight excluding hydrogens is 304 g/mol. The number of carbonyl (C=O) groups excluding carboxylic acids is 1. The van der Waals surface area contributed by atoms with Gasteiger partial charge < -0.3 is 10.0 Å². The molecule has 0 aliphatic carbocycles. The third-order valence-corrected chi connectivity index (χ3v) is 3.94. The zero-order valence-electron chi connectivity index (χ0n) is 13.6. The van der Waals surface area contributed by atoms with Crippen molar-refractivity contribution in [1.29, 1.82) is 0 Å². The van der Waals surface area contributed by atoms with Gasteiger partial charge in [0.05, 0.1) is 24.9 Å². The van der Waals surface area contributed by atoms with Crippen LogP contribution in [0.15, 0.2) is 48.8 Å². The molecule has 0 aliphatic rings. The molecule has 1 N–H and O–H groups in total. The van der Waals surface area contributed by atoms with Gasteiger partial charge in [0.25, 0.3) is 5.91 Å². The topological polar surface area (TPSA) is 71.2 Å². The van der Waals surface area contributed by atoms with E-state index in [0.29, 0.717) is 25.2 Å². The molecule has 6 heteroatoms. The fourth-order valence-corrected chi connectivity index (χ4v) is 2.67. The molecule has 0 atom stereocenters. The number of hydrogen-bond acceptors (Lipinski definition) is 4. The first kappa shape index (κ1) is 16.1. The summed E-state index contributed by atoms with van der Waals surface area (Å²) >= 11 is 0. The standard InChI is InChI=1S/C18H20N4O2/c1-2-21(8-9-23)18(24)16-10-15-12-20-22(17(15)19-11-16)13-14-6-4-3-5-7-14/h3-7,10-12,23H,2,8-9,13H2,1H3. The summed E-state index contributed by atoms with van der Waals surface area (Å²) in [4.78, 5) is 18.5. The van der Waals surface area contributed by atoms with Crippen molar-refractivity contribution in [3.05, 3.63) is 59.9 Å². The summed E-state index contributed by atoms with van der Waals surface area (Å²) in [6.07, 6.45) is 3.30. The van der Waals surface area contributed by atoms with Crippen molar-refractivity contribution >= 4 is 16.9 Å². The van der Waals surface area contributed by atoms with Gasteiger partial charge in [-0.1, -0.05) is 30.3 Å². The zero-order chi connectivity index (χ0) is 16.9. The lowest BCUT2D eigenvalue weighted by molar-refractivity contribution is 0.0732. The molecule has 24 heavy (non-hydrogen) atoms. The Bertz CT molecular complexity index is 829. The second kappa shape index (κ2) is 7.23. The summed E-state index contributed by atoms with van der Waals surface area (Å²) in [5.41, 5.74) is 2.40. The van der Waals surface area contributed by atoms with E-state index in [1.807, 2.05) is 41.9 Å². The second-order valence-corrected chi connectivity index (χ2v) is 5.53. The third kappa shape index (κ3) is 3.28. The average Bonchev–Trinajstić information content (AvgIpc) is 3.02. The first-order chi connectivity index (χ1) is 11.7. The monoisotopic (exact) mass is 324 g/mol. The van der Waals surface area contributed by atoms with Gasteiger partial charge in [0.15, 0.2) is 5.65 Å². The van der Waals surface area contributed by atoms with Gasteiger partial charge >= 0.3 is 0 Å². The molecule has 0 aliphatic heterocycles. The number of benzene rings is 1. The molecule has 2 heterocycles. The smallest absolute Gasteiger partial charge is 0.255 e. The molecule has 1 amide bonds. The molecule has 0 spiro atoms. The molecule has 3 aromatic rings. The molecule has 0 saturated heterocycles. The van der Waals surface area contributed by atoms with Crippen LogP contribution in [-0.4, -0.2) is 50.4 Å². The minimum absolute atomic E-state index is 0.0513. The van der Waals surface area contributed by atoms with Crippen LogP contribution in [-0.2, 0) is 6.54 Å². The van der Waals surface area contributed by atoms with Crippen LogP contribution in [0.1, 0.15) is 22.8 Å². The van der Waals surface area contributed by atoms with E-state index in [1.165, 1.54) is 0 Å². The molecule has 124 valence electrons. The Balaban J connectivity index is 1.86.